The van der Waals surface area contributed by atoms with E-state index < -0.39 is 16.1 Å². The van der Waals surface area contributed by atoms with E-state index >= 15 is 0 Å². The van der Waals surface area contributed by atoms with Gasteiger partial charge in [-0.25, -0.2) is 17.9 Å². The minimum absolute atomic E-state index is 0.117. The smallest absolute Gasteiger partial charge is 0.407 e. The summed E-state index contributed by atoms with van der Waals surface area (Å²) in [5.41, 5.74) is 0. The molecule has 0 saturated carbocycles. The molecule has 1 aliphatic heterocycles. The van der Waals surface area contributed by atoms with E-state index in [1.54, 1.807) is 0 Å². The molecule has 0 aromatic carbocycles. The number of hydrogen-bond acceptors (Lipinski definition) is 3. The van der Waals surface area contributed by atoms with Crippen LogP contribution in [0.15, 0.2) is 0 Å². The quantitative estimate of drug-likeness (QED) is 0.632. The van der Waals surface area contributed by atoms with Gasteiger partial charge in [-0.2, -0.15) is 0 Å². The zero-order valence-corrected chi connectivity index (χ0v) is 8.04. The second-order valence-electron chi connectivity index (χ2n) is 3.17. The maximum atomic E-state index is 10.7. The van der Waals surface area contributed by atoms with Crippen LogP contribution in [0.4, 0.5) is 4.79 Å². The molecule has 0 aromatic rings. The summed E-state index contributed by atoms with van der Waals surface area (Å²) in [6.07, 6.45) is 0.135. The molecule has 6 nitrogen and oxygen atoms in total. The highest BCUT2D eigenvalue weighted by molar-refractivity contribution is 7.88. The first-order valence-corrected chi connectivity index (χ1v) is 5.70. The van der Waals surface area contributed by atoms with Crippen molar-refractivity contribution in [2.24, 2.45) is 5.92 Å². The number of amides is 1. The van der Waals surface area contributed by atoms with Crippen LogP contribution in [-0.4, -0.2) is 50.4 Å². The average molecular weight is 208 g/mol. The largest absolute Gasteiger partial charge is 0.465 e. The van der Waals surface area contributed by atoms with Crippen LogP contribution in [0.1, 0.15) is 0 Å². The van der Waals surface area contributed by atoms with Gasteiger partial charge in [0, 0.05) is 25.6 Å². The van der Waals surface area contributed by atoms with E-state index in [2.05, 4.69) is 4.72 Å². The molecule has 0 aromatic heterocycles. The van der Waals surface area contributed by atoms with Gasteiger partial charge in [-0.15, -0.1) is 0 Å². The highest BCUT2D eigenvalue weighted by Gasteiger charge is 2.30. The molecular formula is C6H12N2O4S. The van der Waals surface area contributed by atoms with Gasteiger partial charge in [0.1, 0.15) is 0 Å². The lowest BCUT2D eigenvalue weighted by molar-refractivity contribution is 0.0837. The number of nitrogens with one attached hydrogen (secondary N) is 1. The molecule has 1 fully saturated rings. The molecule has 1 amide bonds. The molecule has 0 aliphatic carbocycles. The first-order valence-electron chi connectivity index (χ1n) is 3.81. The summed E-state index contributed by atoms with van der Waals surface area (Å²) in [6.45, 7) is 1.15. The highest BCUT2D eigenvalue weighted by atomic mass is 32.2. The molecule has 1 rings (SSSR count). The van der Waals surface area contributed by atoms with Gasteiger partial charge < -0.3 is 10.0 Å². The Bertz CT molecular complexity index is 294. The van der Waals surface area contributed by atoms with E-state index in [0.29, 0.717) is 19.6 Å². The zero-order chi connectivity index (χ0) is 10.1. The van der Waals surface area contributed by atoms with Crippen molar-refractivity contribution in [1.29, 1.82) is 0 Å². The van der Waals surface area contributed by atoms with E-state index in [1.807, 2.05) is 0 Å². The van der Waals surface area contributed by atoms with E-state index in [0.717, 1.165) is 6.26 Å². The summed E-state index contributed by atoms with van der Waals surface area (Å²) < 4.78 is 23.6. The SMILES string of the molecule is CS(=O)(=O)NCC1CN(C(=O)O)C1. The number of nitrogens with zero attached hydrogens (tertiary/aromatic N) is 1. The first-order chi connectivity index (χ1) is 5.88. The number of rotatable bonds is 3. The zero-order valence-electron chi connectivity index (χ0n) is 7.23. The van der Waals surface area contributed by atoms with Crippen LogP contribution >= 0.6 is 0 Å². The Kier molecular flexibility index (Phi) is 2.77. The summed E-state index contributed by atoms with van der Waals surface area (Å²) in [4.78, 5) is 11.6. The predicted octanol–water partition coefficient (Wildman–Crippen LogP) is -0.855. The van der Waals surface area contributed by atoms with Crippen molar-refractivity contribution >= 4 is 16.1 Å². The minimum Gasteiger partial charge on any atom is -0.465 e. The maximum Gasteiger partial charge on any atom is 0.407 e. The van der Waals surface area contributed by atoms with E-state index in [4.69, 9.17) is 5.11 Å². The van der Waals surface area contributed by atoms with Gasteiger partial charge in [-0.05, 0) is 0 Å². The fourth-order valence-electron chi connectivity index (χ4n) is 1.12. The van der Waals surface area contributed by atoms with Crippen molar-refractivity contribution < 1.29 is 18.3 Å². The number of sulfonamides is 1. The molecule has 0 bridgehead atoms. The summed E-state index contributed by atoms with van der Waals surface area (Å²) in [6, 6.07) is 0. The van der Waals surface area contributed by atoms with Crippen LogP contribution in [-0.2, 0) is 10.0 Å². The van der Waals surface area contributed by atoms with Gasteiger partial charge in [-0.1, -0.05) is 0 Å². The highest BCUT2D eigenvalue weighted by Crippen LogP contribution is 2.14. The Labute approximate surface area is 76.6 Å². The lowest BCUT2D eigenvalue weighted by Gasteiger charge is -2.36. The molecule has 1 saturated heterocycles. The molecule has 13 heavy (non-hydrogen) atoms. The van der Waals surface area contributed by atoms with Crippen LogP contribution in [0, 0.1) is 5.92 Å². The van der Waals surface area contributed by atoms with Crippen molar-refractivity contribution in [2.75, 3.05) is 25.9 Å². The van der Waals surface area contributed by atoms with Gasteiger partial charge in [0.25, 0.3) is 0 Å². The van der Waals surface area contributed by atoms with Crippen LogP contribution in [0.25, 0.3) is 0 Å². The van der Waals surface area contributed by atoms with Gasteiger partial charge in [0.15, 0.2) is 0 Å². The summed E-state index contributed by atoms with van der Waals surface area (Å²) in [5.74, 6) is 0.117. The Morgan fingerprint density at radius 2 is 2.15 bits per heavy atom. The van der Waals surface area contributed by atoms with E-state index in [-0.39, 0.29) is 5.92 Å². The molecule has 0 atom stereocenters. The number of likely N-dealkylation sites (tertiary alicyclic amines) is 1. The standard InChI is InChI=1S/C6H12N2O4S/c1-13(11,12)7-2-5-3-8(4-5)6(9)10/h5,7H,2-4H2,1H3,(H,9,10). The van der Waals surface area contributed by atoms with Crippen LogP contribution in [0.5, 0.6) is 0 Å². The molecule has 76 valence electrons. The second kappa shape index (κ2) is 3.51. The molecule has 0 spiro atoms. The molecular weight excluding hydrogens is 196 g/mol. The number of hydrogen-bond donors (Lipinski definition) is 2. The Hall–Kier alpha value is -0.820. The van der Waals surface area contributed by atoms with Crippen molar-refractivity contribution in [3.05, 3.63) is 0 Å². The van der Waals surface area contributed by atoms with Gasteiger partial charge in [0.2, 0.25) is 10.0 Å². The van der Waals surface area contributed by atoms with Crippen molar-refractivity contribution in [1.82, 2.24) is 9.62 Å². The third kappa shape index (κ3) is 3.19. The van der Waals surface area contributed by atoms with Crippen LogP contribution in [0.3, 0.4) is 0 Å². The third-order valence-corrected chi connectivity index (χ3v) is 2.55. The fraction of sp³-hybridized carbons (Fsp3) is 0.833. The fourth-order valence-corrected chi connectivity index (χ4v) is 1.66. The summed E-state index contributed by atoms with van der Waals surface area (Å²) in [7, 11) is -3.15. The van der Waals surface area contributed by atoms with Gasteiger partial charge in [-0.3, -0.25) is 0 Å². The van der Waals surface area contributed by atoms with Crippen molar-refractivity contribution in [2.45, 2.75) is 0 Å². The maximum absolute atomic E-state index is 10.7. The average Bonchev–Trinajstić information content (AvgIpc) is 1.79. The number of carboxylic acid groups (broad SMARTS) is 1. The van der Waals surface area contributed by atoms with Crippen molar-refractivity contribution in [3.8, 4) is 0 Å². The molecule has 2 N–H and O–H groups in total. The molecule has 0 radical (unpaired) electrons. The second-order valence-corrected chi connectivity index (χ2v) is 5.01. The lowest BCUT2D eigenvalue weighted by atomic mass is 10.0. The Morgan fingerprint density at radius 3 is 2.54 bits per heavy atom. The Balaban J connectivity index is 2.19. The number of carbonyl (C=O) groups is 1. The predicted molar refractivity (Wildman–Crippen MR) is 45.9 cm³/mol. The van der Waals surface area contributed by atoms with E-state index in [9.17, 15) is 13.2 Å². The molecule has 7 heteroatoms. The Morgan fingerprint density at radius 1 is 1.62 bits per heavy atom. The molecule has 0 unspecified atom stereocenters. The van der Waals surface area contributed by atoms with Crippen LogP contribution in [0.2, 0.25) is 0 Å². The van der Waals surface area contributed by atoms with Gasteiger partial charge in [0.05, 0.1) is 6.26 Å². The summed E-state index contributed by atoms with van der Waals surface area (Å²) in [5, 5.41) is 8.47. The third-order valence-electron chi connectivity index (χ3n) is 1.86. The van der Waals surface area contributed by atoms with Crippen molar-refractivity contribution in [3.63, 3.8) is 0 Å². The minimum atomic E-state index is -3.15. The van der Waals surface area contributed by atoms with Crippen LogP contribution < -0.4 is 4.72 Å². The topological polar surface area (TPSA) is 86.7 Å². The van der Waals surface area contributed by atoms with E-state index in [1.165, 1.54) is 4.90 Å². The normalized spacial score (nSPS) is 18.4. The molecule has 1 heterocycles. The monoisotopic (exact) mass is 208 g/mol. The molecule has 1 aliphatic rings. The van der Waals surface area contributed by atoms with Gasteiger partial charge >= 0.3 is 6.09 Å². The summed E-state index contributed by atoms with van der Waals surface area (Å²) >= 11 is 0. The first kappa shape index (κ1) is 10.3. The lowest BCUT2D eigenvalue weighted by Crippen LogP contribution is -2.53.